The molecule has 3 rings (SSSR count). The summed E-state index contributed by atoms with van der Waals surface area (Å²) in [5.41, 5.74) is 9.01. The second-order valence-corrected chi connectivity index (χ2v) is 4.29. The lowest BCUT2D eigenvalue weighted by molar-refractivity contribution is 0.469. The molecule has 0 fully saturated rings. The Bertz CT molecular complexity index is 547. The third-order valence-electron chi connectivity index (χ3n) is 3.18. The molecule has 1 aliphatic heterocycles. The number of tetrazole rings is 1. The second kappa shape index (κ2) is 3.73. The van der Waals surface area contributed by atoms with E-state index in [0.29, 0.717) is 0 Å². The van der Waals surface area contributed by atoms with Crippen molar-refractivity contribution in [1.29, 1.82) is 0 Å². The fourth-order valence-electron chi connectivity index (χ4n) is 2.14. The summed E-state index contributed by atoms with van der Waals surface area (Å²) < 4.78 is 1.81. The highest BCUT2D eigenvalue weighted by molar-refractivity contribution is 5.49. The van der Waals surface area contributed by atoms with Crippen LogP contribution in [0.25, 0.3) is 0 Å². The SMILES string of the molecule is Cc1ccc(C2CCNc3nnnn32)cc1N. The summed E-state index contributed by atoms with van der Waals surface area (Å²) in [6.45, 7) is 2.88. The molecule has 2 aromatic rings. The van der Waals surface area contributed by atoms with E-state index in [-0.39, 0.29) is 6.04 Å². The van der Waals surface area contributed by atoms with Crippen LogP contribution in [0.2, 0.25) is 0 Å². The van der Waals surface area contributed by atoms with Crippen molar-refractivity contribution in [2.45, 2.75) is 19.4 Å². The van der Waals surface area contributed by atoms with E-state index in [1.807, 2.05) is 23.7 Å². The molecule has 0 aliphatic carbocycles. The lowest BCUT2D eigenvalue weighted by Gasteiger charge is -2.24. The zero-order valence-electron chi connectivity index (χ0n) is 9.59. The van der Waals surface area contributed by atoms with Gasteiger partial charge in [0.15, 0.2) is 0 Å². The molecule has 0 saturated carbocycles. The van der Waals surface area contributed by atoms with E-state index in [2.05, 4.69) is 26.9 Å². The molecule has 6 nitrogen and oxygen atoms in total. The Kier molecular flexibility index (Phi) is 2.21. The van der Waals surface area contributed by atoms with Crippen molar-refractivity contribution in [3.8, 4) is 0 Å². The minimum Gasteiger partial charge on any atom is -0.399 e. The molecule has 88 valence electrons. The summed E-state index contributed by atoms with van der Waals surface area (Å²) in [7, 11) is 0. The van der Waals surface area contributed by atoms with E-state index in [0.717, 1.165) is 35.7 Å². The maximum Gasteiger partial charge on any atom is 0.243 e. The molecule has 1 unspecified atom stereocenters. The van der Waals surface area contributed by atoms with Crippen molar-refractivity contribution in [3.05, 3.63) is 29.3 Å². The Morgan fingerprint density at radius 1 is 1.47 bits per heavy atom. The fourth-order valence-corrected chi connectivity index (χ4v) is 2.14. The third-order valence-corrected chi connectivity index (χ3v) is 3.18. The van der Waals surface area contributed by atoms with Crippen LogP contribution in [0, 0.1) is 6.92 Å². The topological polar surface area (TPSA) is 81.7 Å². The average Bonchev–Trinajstić information content (AvgIpc) is 2.80. The summed E-state index contributed by atoms with van der Waals surface area (Å²) >= 11 is 0. The molecule has 1 atom stereocenters. The molecule has 1 aromatic heterocycles. The Morgan fingerprint density at radius 2 is 2.35 bits per heavy atom. The number of nitrogen functional groups attached to an aromatic ring is 1. The number of rotatable bonds is 1. The van der Waals surface area contributed by atoms with Crippen molar-refractivity contribution < 1.29 is 0 Å². The Morgan fingerprint density at radius 3 is 3.18 bits per heavy atom. The zero-order chi connectivity index (χ0) is 11.8. The second-order valence-electron chi connectivity index (χ2n) is 4.29. The van der Waals surface area contributed by atoms with Gasteiger partial charge >= 0.3 is 0 Å². The summed E-state index contributed by atoms with van der Waals surface area (Å²) in [5.74, 6) is 0.723. The molecule has 1 aliphatic rings. The van der Waals surface area contributed by atoms with Gasteiger partial charge in [0.25, 0.3) is 0 Å². The van der Waals surface area contributed by atoms with E-state index in [1.165, 1.54) is 0 Å². The number of fused-ring (bicyclic) bond motifs is 1. The van der Waals surface area contributed by atoms with Crippen molar-refractivity contribution in [2.75, 3.05) is 17.6 Å². The first-order valence-corrected chi connectivity index (χ1v) is 5.63. The third kappa shape index (κ3) is 1.61. The molecule has 6 heteroatoms. The van der Waals surface area contributed by atoms with Crippen molar-refractivity contribution >= 4 is 11.6 Å². The van der Waals surface area contributed by atoms with Gasteiger partial charge in [-0.3, -0.25) is 0 Å². The van der Waals surface area contributed by atoms with Crippen LogP contribution < -0.4 is 11.1 Å². The van der Waals surface area contributed by atoms with Crippen molar-refractivity contribution in [2.24, 2.45) is 0 Å². The Balaban J connectivity index is 2.03. The normalized spacial score (nSPS) is 18.5. The van der Waals surface area contributed by atoms with Gasteiger partial charge in [0.1, 0.15) is 0 Å². The van der Waals surface area contributed by atoms with Crippen LogP contribution in [-0.2, 0) is 0 Å². The van der Waals surface area contributed by atoms with Crippen LogP contribution in [0.15, 0.2) is 18.2 Å². The first-order chi connectivity index (χ1) is 8.25. The highest BCUT2D eigenvalue weighted by Crippen LogP contribution is 2.28. The number of nitrogens with one attached hydrogen (secondary N) is 1. The maximum absolute atomic E-state index is 5.95. The number of anilines is 2. The van der Waals surface area contributed by atoms with Crippen LogP contribution in [-0.4, -0.2) is 26.8 Å². The molecule has 0 bridgehead atoms. The molecule has 1 aromatic carbocycles. The van der Waals surface area contributed by atoms with Gasteiger partial charge in [0, 0.05) is 12.2 Å². The van der Waals surface area contributed by atoms with Gasteiger partial charge in [-0.2, -0.15) is 0 Å². The molecular weight excluding hydrogens is 216 g/mol. The summed E-state index contributed by atoms with van der Waals surface area (Å²) in [5, 5.41) is 14.8. The molecule has 0 saturated heterocycles. The predicted octanol–water partition coefficient (Wildman–Crippen LogP) is 0.969. The number of nitrogens with two attached hydrogens (primary N) is 1. The largest absolute Gasteiger partial charge is 0.399 e. The highest BCUT2D eigenvalue weighted by Gasteiger charge is 2.23. The molecule has 0 spiro atoms. The number of hydrogen-bond acceptors (Lipinski definition) is 5. The van der Waals surface area contributed by atoms with Gasteiger partial charge in [-0.05, 0) is 41.0 Å². The van der Waals surface area contributed by atoms with Gasteiger partial charge in [-0.1, -0.05) is 17.2 Å². The highest BCUT2D eigenvalue weighted by atomic mass is 15.6. The number of benzene rings is 1. The lowest BCUT2D eigenvalue weighted by Crippen LogP contribution is -2.24. The molecule has 0 radical (unpaired) electrons. The lowest BCUT2D eigenvalue weighted by atomic mass is 10.0. The van der Waals surface area contributed by atoms with E-state index in [1.54, 1.807) is 0 Å². The molecule has 3 N–H and O–H groups in total. The molecule has 2 heterocycles. The number of nitrogens with zero attached hydrogens (tertiary/aromatic N) is 4. The minimum absolute atomic E-state index is 0.171. The van der Waals surface area contributed by atoms with E-state index >= 15 is 0 Å². The first-order valence-electron chi connectivity index (χ1n) is 5.63. The summed E-state index contributed by atoms with van der Waals surface area (Å²) in [6, 6.07) is 6.31. The van der Waals surface area contributed by atoms with Crippen LogP contribution in [0.1, 0.15) is 23.6 Å². The number of hydrogen-bond donors (Lipinski definition) is 2. The summed E-state index contributed by atoms with van der Waals surface area (Å²) in [4.78, 5) is 0. The smallest absolute Gasteiger partial charge is 0.243 e. The standard InChI is InChI=1S/C11H14N6/c1-7-2-3-8(6-9(7)12)10-4-5-13-11-14-15-16-17(10)11/h2-3,6,10H,4-5,12H2,1H3,(H,13,14,16). The molecule has 0 amide bonds. The maximum atomic E-state index is 5.95. The van der Waals surface area contributed by atoms with E-state index < -0.39 is 0 Å². The van der Waals surface area contributed by atoms with Crippen molar-refractivity contribution in [1.82, 2.24) is 20.2 Å². The first kappa shape index (κ1) is 10.1. The molecule has 17 heavy (non-hydrogen) atoms. The number of aryl methyl sites for hydroxylation is 1. The van der Waals surface area contributed by atoms with Crippen molar-refractivity contribution in [3.63, 3.8) is 0 Å². The van der Waals surface area contributed by atoms with Crippen LogP contribution in [0.3, 0.4) is 0 Å². The van der Waals surface area contributed by atoms with Crippen LogP contribution in [0.4, 0.5) is 11.6 Å². The van der Waals surface area contributed by atoms with Gasteiger partial charge in [0.05, 0.1) is 6.04 Å². The monoisotopic (exact) mass is 230 g/mol. The Hall–Kier alpha value is -2.11. The summed E-state index contributed by atoms with van der Waals surface area (Å²) in [6.07, 6.45) is 0.959. The van der Waals surface area contributed by atoms with E-state index in [4.69, 9.17) is 5.73 Å². The van der Waals surface area contributed by atoms with Gasteiger partial charge < -0.3 is 11.1 Å². The van der Waals surface area contributed by atoms with Gasteiger partial charge in [0.2, 0.25) is 5.95 Å². The predicted molar refractivity (Wildman–Crippen MR) is 64.7 cm³/mol. The van der Waals surface area contributed by atoms with Gasteiger partial charge in [-0.25, -0.2) is 4.68 Å². The van der Waals surface area contributed by atoms with Gasteiger partial charge in [-0.15, -0.1) is 0 Å². The van der Waals surface area contributed by atoms with Crippen LogP contribution >= 0.6 is 0 Å². The quantitative estimate of drug-likeness (QED) is 0.713. The Labute approximate surface area is 98.8 Å². The van der Waals surface area contributed by atoms with E-state index in [9.17, 15) is 0 Å². The zero-order valence-corrected chi connectivity index (χ0v) is 9.59. The van der Waals surface area contributed by atoms with Crippen LogP contribution in [0.5, 0.6) is 0 Å². The average molecular weight is 230 g/mol. The minimum atomic E-state index is 0.171. The number of aromatic nitrogens is 4. The molecular formula is C11H14N6. The fraction of sp³-hybridized carbons (Fsp3) is 0.364.